The second-order valence-corrected chi connectivity index (χ2v) is 10.5. The van der Waals surface area contributed by atoms with Crippen LogP contribution in [0.2, 0.25) is 0 Å². The molecule has 0 fully saturated rings. The fourth-order valence-electron chi connectivity index (χ4n) is 4.97. The van der Waals surface area contributed by atoms with Crippen molar-refractivity contribution in [2.45, 2.75) is 0 Å². The number of anilines is 1. The number of rotatable bonds is 9. The molecule has 3 aromatic carbocycles. The normalized spacial score (nSPS) is 11.0. The number of nitrogens with zero attached hydrogens (tertiary/aromatic N) is 3. The fourth-order valence-corrected chi connectivity index (χ4v) is 6.03. The highest BCUT2D eigenvalue weighted by atomic mass is 32.1. The molecule has 3 heterocycles. The molecule has 0 bridgehead atoms. The molecule has 0 aliphatic rings. The van der Waals surface area contributed by atoms with Crippen LogP contribution in [0.3, 0.4) is 0 Å². The van der Waals surface area contributed by atoms with E-state index < -0.39 is 11.7 Å². The Morgan fingerprint density at radius 1 is 0.886 bits per heavy atom. The second kappa shape index (κ2) is 11.6. The maximum absolute atomic E-state index is 14.1. The molecule has 0 spiro atoms. The molecule has 0 saturated heterocycles. The van der Waals surface area contributed by atoms with E-state index >= 15 is 0 Å². The van der Waals surface area contributed by atoms with Crippen molar-refractivity contribution in [2.75, 3.05) is 34.2 Å². The van der Waals surface area contributed by atoms with E-state index in [4.69, 9.17) is 34.2 Å². The van der Waals surface area contributed by atoms with Gasteiger partial charge in [0.25, 0.3) is 5.78 Å². The van der Waals surface area contributed by atoms with E-state index in [2.05, 4.69) is 5.27 Å². The van der Waals surface area contributed by atoms with Gasteiger partial charge in [0.2, 0.25) is 16.7 Å². The third-order valence-corrected chi connectivity index (χ3v) is 8.20. The van der Waals surface area contributed by atoms with Crippen LogP contribution in [0.25, 0.3) is 38.3 Å². The first-order chi connectivity index (χ1) is 21.4. The number of methoxy groups -OCH3 is 4. The summed E-state index contributed by atoms with van der Waals surface area (Å²) in [4.78, 5) is 19.6. The molecule has 0 unspecified atom stereocenters. The molecule has 6 rings (SSSR count). The maximum atomic E-state index is 14.1. The molecule has 3 N–H and O–H groups in total. The van der Waals surface area contributed by atoms with Crippen LogP contribution >= 0.6 is 11.3 Å². The van der Waals surface area contributed by atoms with E-state index in [0.717, 1.165) is 16.9 Å². The van der Waals surface area contributed by atoms with Crippen LogP contribution in [0.5, 0.6) is 28.9 Å². The molecule has 0 atom stereocenters. The van der Waals surface area contributed by atoms with Crippen molar-refractivity contribution < 1.29 is 38.1 Å². The van der Waals surface area contributed by atoms with Gasteiger partial charge < -0.3 is 29.8 Å². The van der Waals surface area contributed by atoms with Crippen molar-refractivity contribution in [2.24, 2.45) is 0 Å². The van der Waals surface area contributed by atoms with Gasteiger partial charge in [-0.3, -0.25) is 9.32 Å². The lowest BCUT2D eigenvalue weighted by atomic mass is 9.98. The van der Waals surface area contributed by atoms with Gasteiger partial charge >= 0.3 is 11.6 Å². The topological polar surface area (TPSA) is 143 Å². The van der Waals surface area contributed by atoms with Crippen LogP contribution in [0, 0.1) is 0 Å². The van der Waals surface area contributed by atoms with Gasteiger partial charge in [0, 0.05) is 27.8 Å². The zero-order valence-electron chi connectivity index (χ0n) is 24.2. The predicted molar refractivity (Wildman–Crippen MR) is 164 cm³/mol. The zero-order valence-corrected chi connectivity index (χ0v) is 25.0. The minimum Gasteiger partial charge on any atom is -0.497 e. The molecular weight excluding hydrogens is 584 g/mol. The van der Waals surface area contributed by atoms with Gasteiger partial charge in [-0.25, -0.2) is 4.98 Å². The average molecular weight is 612 g/mol. The lowest BCUT2D eigenvalue weighted by Crippen LogP contribution is -2.38. The van der Waals surface area contributed by atoms with E-state index in [9.17, 15) is 9.90 Å². The summed E-state index contributed by atoms with van der Waals surface area (Å²) >= 11 is 1.11. The third kappa shape index (κ3) is 4.80. The number of thiophene rings is 1. The van der Waals surface area contributed by atoms with Gasteiger partial charge in [-0.15, -0.1) is 11.3 Å². The Hall–Kier alpha value is -5.62. The standard InChI is InChI=1S/C32H26N4O7S/c1-39-20-12-10-19(11-13-20)36-27(32(38)43-35-36)28(37)30-26(33)25-21(18-14-23(40-2)29(42-4)24(15-18)41-3)16-22(34-31(25)44-30)17-8-6-5-7-9-17/h5-16H,1-4H3,(H2-,33,35,37,38)/p+1. The molecule has 0 saturated carbocycles. The number of benzene rings is 3. The summed E-state index contributed by atoms with van der Waals surface area (Å²) in [5.41, 5.74) is 10.2. The van der Waals surface area contributed by atoms with E-state index in [1.54, 1.807) is 31.4 Å². The third-order valence-electron chi connectivity index (χ3n) is 7.11. The number of nitrogen functional groups attached to an aromatic ring is 1. The van der Waals surface area contributed by atoms with Crippen LogP contribution < -0.4 is 29.4 Å². The summed E-state index contributed by atoms with van der Waals surface area (Å²) in [6.07, 6.45) is 0. The zero-order chi connectivity index (χ0) is 31.0. The van der Waals surface area contributed by atoms with Gasteiger partial charge in [-0.05, 0) is 41.5 Å². The summed E-state index contributed by atoms with van der Waals surface area (Å²) in [5.74, 6) is 0.722. The molecule has 6 aromatic rings. The minimum atomic E-state index is -0.648. The number of nitrogens with two attached hydrogens (primary N) is 1. The highest BCUT2D eigenvalue weighted by Gasteiger charge is 2.37. The Morgan fingerprint density at radius 2 is 1.57 bits per heavy atom. The smallest absolute Gasteiger partial charge is 0.393 e. The van der Waals surface area contributed by atoms with E-state index in [1.807, 2.05) is 48.5 Å². The van der Waals surface area contributed by atoms with Crippen LogP contribution in [0.1, 0.15) is 15.4 Å². The van der Waals surface area contributed by atoms with Crippen molar-refractivity contribution in [1.29, 1.82) is 0 Å². The molecule has 0 aliphatic carbocycles. The van der Waals surface area contributed by atoms with Crippen LogP contribution in [-0.4, -0.2) is 49.6 Å². The quantitative estimate of drug-likeness (QED) is 0.160. The van der Waals surface area contributed by atoms with E-state index in [0.29, 0.717) is 55.7 Å². The summed E-state index contributed by atoms with van der Waals surface area (Å²) in [6, 6.07) is 22.0. The Balaban J connectivity index is 1.58. The molecule has 222 valence electrons. The largest absolute Gasteiger partial charge is 0.497 e. The number of aromatic nitrogens is 3. The number of ketones is 1. The van der Waals surface area contributed by atoms with Crippen molar-refractivity contribution in [3.8, 4) is 57.0 Å². The molecule has 3 aromatic heterocycles. The highest BCUT2D eigenvalue weighted by molar-refractivity contribution is 7.21. The number of aromatic hydroxyl groups is 1. The van der Waals surface area contributed by atoms with Crippen LogP contribution in [0.4, 0.5) is 5.69 Å². The van der Waals surface area contributed by atoms with Gasteiger partial charge in [0.15, 0.2) is 11.5 Å². The Kier molecular flexibility index (Phi) is 7.50. The molecule has 0 aliphatic heterocycles. The highest BCUT2D eigenvalue weighted by Crippen LogP contribution is 2.46. The minimum absolute atomic E-state index is 0.159. The molecular formula is C32H27N4O7S+. The average Bonchev–Trinajstić information content (AvgIpc) is 3.62. The van der Waals surface area contributed by atoms with Gasteiger partial charge in [-0.1, -0.05) is 30.3 Å². The molecule has 44 heavy (non-hydrogen) atoms. The number of hydrogen-bond acceptors (Lipinski definition) is 11. The first-order valence-corrected chi connectivity index (χ1v) is 14.1. The summed E-state index contributed by atoms with van der Waals surface area (Å²) in [5, 5.41) is 15.0. The number of carbonyl (C=O) groups excluding carboxylic acids is 1. The lowest BCUT2D eigenvalue weighted by Gasteiger charge is -2.15. The predicted octanol–water partition coefficient (Wildman–Crippen LogP) is 5.45. The van der Waals surface area contributed by atoms with Crippen molar-refractivity contribution in [3.63, 3.8) is 0 Å². The Bertz CT molecular complexity index is 1980. The summed E-state index contributed by atoms with van der Waals surface area (Å²) in [6.45, 7) is 0. The van der Waals surface area contributed by atoms with Crippen LogP contribution in [0.15, 0.2) is 77.3 Å². The maximum Gasteiger partial charge on any atom is 0.393 e. The molecule has 12 heteroatoms. The Labute approximate surface area is 255 Å². The molecule has 11 nitrogen and oxygen atoms in total. The van der Waals surface area contributed by atoms with E-state index in [1.165, 1.54) is 26.0 Å². The lowest BCUT2D eigenvalue weighted by molar-refractivity contribution is -0.672. The SMILES string of the molecule is COc1ccc(-[n+]2noc(O)c2C(=O)c2sc3nc(-c4ccccc4)cc(-c4cc(OC)c(OC)c(OC)c4)c3c2N)cc1. The van der Waals surface area contributed by atoms with Crippen molar-refractivity contribution in [1.82, 2.24) is 10.3 Å². The molecule has 0 amide bonds. The fraction of sp³-hybridized carbons (Fsp3) is 0.125. The second-order valence-electron chi connectivity index (χ2n) is 9.53. The van der Waals surface area contributed by atoms with Gasteiger partial charge in [-0.2, -0.15) is 0 Å². The monoisotopic (exact) mass is 611 g/mol. The number of pyridine rings is 1. The van der Waals surface area contributed by atoms with Gasteiger partial charge in [0.05, 0.1) is 39.8 Å². The number of ether oxygens (including phenoxy) is 4. The molecule has 0 radical (unpaired) electrons. The number of fused-ring (bicyclic) bond motifs is 1. The first-order valence-electron chi connectivity index (χ1n) is 13.3. The van der Waals surface area contributed by atoms with Crippen molar-refractivity contribution in [3.05, 3.63) is 83.4 Å². The Morgan fingerprint density at radius 3 is 2.18 bits per heavy atom. The van der Waals surface area contributed by atoms with Gasteiger partial charge in [0.1, 0.15) is 15.5 Å². The number of carbonyl (C=O) groups is 1. The van der Waals surface area contributed by atoms with Crippen molar-refractivity contribution >= 4 is 33.0 Å². The summed E-state index contributed by atoms with van der Waals surface area (Å²) in [7, 11) is 6.16. The number of hydrogen-bond donors (Lipinski definition) is 2. The summed E-state index contributed by atoms with van der Waals surface area (Å²) < 4.78 is 28.2. The van der Waals surface area contributed by atoms with Crippen LogP contribution in [-0.2, 0) is 0 Å². The van der Waals surface area contributed by atoms with E-state index in [-0.39, 0.29) is 16.3 Å². The first kappa shape index (κ1) is 28.5.